The van der Waals surface area contributed by atoms with Gasteiger partial charge in [0.05, 0.1) is 6.04 Å². The van der Waals surface area contributed by atoms with Crippen LogP contribution in [-0.2, 0) is 0 Å². The zero-order valence-corrected chi connectivity index (χ0v) is 11.2. The van der Waals surface area contributed by atoms with Gasteiger partial charge in [0.15, 0.2) is 0 Å². The fourth-order valence-electron chi connectivity index (χ4n) is 2.43. The summed E-state index contributed by atoms with van der Waals surface area (Å²) >= 11 is 1.78. The Hall–Kier alpha value is -0.450. The molecule has 4 heteroatoms. The standard InChI is InChI=1S/C12H21N3S/c1-4-10(11-13-6-8-16-11)15-7-5-14-12(2,3)9-15/h6,8,10,14H,4-5,7,9H2,1-3H3. The molecule has 0 bridgehead atoms. The molecule has 2 rings (SSSR count). The van der Waals surface area contributed by atoms with Crippen molar-refractivity contribution in [3.8, 4) is 0 Å². The van der Waals surface area contributed by atoms with Gasteiger partial charge in [0.2, 0.25) is 0 Å². The zero-order chi connectivity index (χ0) is 11.6. The summed E-state index contributed by atoms with van der Waals surface area (Å²) in [5, 5.41) is 6.89. The minimum Gasteiger partial charge on any atom is -0.309 e. The molecule has 0 saturated carbocycles. The molecule has 0 spiro atoms. The van der Waals surface area contributed by atoms with Gasteiger partial charge in [0.25, 0.3) is 0 Å². The van der Waals surface area contributed by atoms with E-state index in [-0.39, 0.29) is 5.54 Å². The van der Waals surface area contributed by atoms with E-state index < -0.39 is 0 Å². The Balaban J connectivity index is 2.10. The van der Waals surface area contributed by atoms with E-state index in [0.29, 0.717) is 6.04 Å². The van der Waals surface area contributed by atoms with Crippen LogP contribution in [0.3, 0.4) is 0 Å². The van der Waals surface area contributed by atoms with Gasteiger partial charge in [-0.2, -0.15) is 0 Å². The Bertz CT molecular complexity index is 321. The molecule has 1 aliphatic rings. The number of aromatic nitrogens is 1. The van der Waals surface area contributed by atoms with E-state index in [1.54, 1.807) is 11.3 Å². The lowest BCUT2D eigenvalue weighted by atomic mass is 10.00. The minimum absolute atomic E-state index is 0.225. The molecule has 1 unspecified atom stereocenters. The Morgan fingerprint density at radius 1 is 1.62 bits per heavy atom. The summed E-state index contributed by atoms with van der Waals surface area (Å²) in [6.45, 7) is 10.1. The summed E-state index contributed by atoms with van der Waals surface area (Å²) < 4.78 is 0. The monoisotopic (exact) mass is 239 g/mol. The highest BCUT2D eigenvalue weighted by Crippen LogP contribution is 2.28. The van der Waals surface area contributed by atoms with Crippen molar-refractivity contribution >= 4 is 11.3 Å². The third-order valence-electron chi connectivity index (χ3n) is 3.16. The minimum atomic E-state index is 0.225. The predicted octanol–water partition coefficient (Wildman–Crippen LogP) is 2.28. The maximum atomic E-state index is 4.47. The lowest BCUT2D eigenvalue weighted by Crippen LogP contribution is -2.57. The van der Waals surface area contributed by atoms with Gasteiger partial charge in [-0.1, -0.05) is 6.92 Å². The van der Waals surface area contributed by atoms with E-state index in [4.69, 9.17) is 0 Å². The number of thiazole rings is 1. The summed E-state index contributed by atoms with van der Waals surface area (Å²) in [5.74, 6) is 0. The molecule has 0 aliphatic carbocycles. The number of nitrogens with zero attached hydrogens (tertiary/aromatic N) is 2. The van der Waals surface area contributed by atoms with Crippen molar-refractivity contribution in [3.05, 3.63) is 16.6 Å². The molecule has 1 aromatic heterocycles. The predicted molar refractivity (Wildman–Crippen MR) is 68.8 cm³/mol. The molecule has 1 N–H and O–H groups in total. The second-order valence-corrected chi connectivity index (χ2v) is 6.00. The summed E-state index contributed by atoms with van der Waals surface area (Å²) in [5.41, 5.74) is 0.225. The van der Waals surface area contributed by atoms with Crippen LogP contribution in [0.4, 0.5) is 0 Å². The summed E-state index contributed by atoms with van der Waals surface area (Å²) in [4.78, 5) is 7.03. The molecule has 0 aromatic carbocycles. The normalized spacial score (nSPS) is 23.2. The van der Waals surface area contributed by atoms with Crippen molar-refractivity contribution in [2.45, 2.75) is 38.8 Å². The van der Waals surface area contributed by atoms with E-state index in [1.807, 2.05) is 6.20 Å². The number of rotatable bonds is 3. The second-order valence-electron chi connectivity index (χ2n) is 5.08. The van der Waals surface area contributed by atoms with Crippen LogP contribution >= 0.6 is 11.3 Å². The maximum Gasteiger partial charge on any atom is 0.110 e. The molecule has 1 aliphatic heterocycles. The van der Waals surface area contributed by atoms with Crippen LogP contribution in [0.1, 0.15) is 38.2 Å². The topological polar surface area (TPSA) is 28.2 Å². The highest BCUT2D eigenvalue weighted by Gasteiger charge is 2.30. The first kappa shape index (κ1) is 12.0. The summed E-state index contributed by atoms with van der Waals surface area (Å²) in [6.07, 6.45) is 3.06. The molecule has 1 saturated heterocycles. The van der Waals surface area contributed by atoms with Crippen molar-refractivity contribution in [1.82, 2.24) is 15.2 Å². The lowest BCUT2D eigenvalue weighted by molar-refractivity contribution is 0.106. The van der Waals surface area contributed by atoms with Crippen molar-refractivity contribution in [3.63, 3.8) is 0 Å². The van der Waals surface area contributed by atoms with Crippen LogP contribution in [0.5, 0.6) is 0 Å². The quantitative estimate of drug-likeness (QED) is 0.877. The highest BCUT2D eigenvalue weighted by atomic mass is 32.1. The number of hydrogen-bond donors (Lipinski definition) is 1. The first-order valence-corrected chi connectivity index (χ1v) is 6.89. The average molecular weight is 239 g/mol. The average Bonchev–Trinajstić information content (AvgIpc) is 2.71. The Morgan fingerprint density at radius 2 is 2.44 bits per heavy atom. The molecule has 16 heavy (non-hydrogen) atoms. The van der Waals surface area contributed by atoms with Crippen LogP contribution in [0.15, 0.2) is 11.6 Å². The van der Waals surface area contributed by atoms with Gasteiger partial charge >= 0.3 is 0 Å². The highest BCUT2D eigenvalue weighted by molar-refractivity contribution is 7.09. The molecule has 0 amide bonds. The Labute approximate surface area is 102 Å². The van der Waals surface area contributed by atoms with Crippen LogP contribution < -0.4 is 5.32 Å². The SMILES string of the molecule is CCC(c1nccs1)N1CCNC(C)(C)C1. The molecular weight excluding hydrogens is 218 g/mol. The van der Waals surface area contributed by atoms with Crippen LogP contribution in [0.25, 0.3) is 0 Å². The van der Waals surface area contributed by atoms with Crippen molar-refractivity contribution < 1.29 is 0 Å². The smallest absolute Gasteiger partial charge is 0.110 e. The van der Waals surface area contributed by atoms with E-state index in [9.17, 15) is 0 Å². The fraction of sp³-hybridized carbons (Fsp3) is 0.750. The molecule has 2 heterocycles. The van der Waals surface area contributed by atoms with Gasteiger partial charge in [0.1, 0.15) is 5.01 Å². The van der Waals surface area contributed by atoms with Gasteiger partial charge in [-0.15, -0.1) is 11.3 Å². The fourth-order valence-corrected chi connectivity index (χ4v) is 3.29. The maximum absolute atomic E-state index is 4.47. The first-order chi connectivity index (χ1) is 7.62. The van der Waals surface area contributed by atoms with Crippen LogP contribution in [0.2, 0.25) is 0 Å². The Morgan fingerprint density at radius 3 is 3.00 bits per heavy atom. The first-order valence-electron chi connectivity index (χ1n) is 6.01. The van der Waals surface area contributed by atoms with Crippen LogP contribution in [0, 0.1) is 0 Å². The van der Waals surface area contributed by atoms with E-state index in [2.05, 4.69) is 41.4 Å². The number of hydrogen-bond acceptors (Lipinski definition) is 4. The van der Waals surface area contributed by atoms with E-state index >= 15 is 0 Å². The van der Waals surface area contributed by atoms with Gasteiger partial charge in [-0.05, 0) is 20.3 Å². The number of nitrogens with one attached hydrogen (secondary N) is 1. The van der Waals surface area contributed by atoms with Crippen molar-refractivity contribution in [1.29, 1.82) is 0 Å². The summed E-state index contributed by atoms with van der Waals surface area (Å²) in [6, 6.07) is 0.501. The largest absolute Gasteiger partial charge is 0.309 e. The molecule has 90 valence electrons. The molecule has 1 aromatic rings. The van der Waals surface area contributed by atoms with Crippen molar-refractivity contribution in [2.75, 3.05) is 19.6 Å². The van der Waals surface area contributed by atoms with Gasteiger partial charge in [-0.25, -0.2) is 4.98 Å². The molecule has 1 fully saturated rings. The molecular formula is C12H21N3S. The van der Waals surface area contributed by atoms with E-state index in [1.165, 1.54) is 5.01 Å². The Kier molecular flexibility index (Phi) is 3.62. The van der Waals surface area contributed by atoms with Crippen molar-refractivity contribution in [2.24, 2.45) is 0 Å². The van der Waals surface area contributed by atoms with Crippen LogP contribution in [-0.4, -0.2) is 35.1 Å². The van der Waals surface area contributed by atoms with Gasteiger partial charge in [0, 0.05) is 36.8 Å². The van der Waals surface area contributed by atoms with Gasteiger partial charge in [-0.3, -0.25) is 4.90 Å². The molecule has 0 radical (unpaired) electrons. The molecule has 3 nitrogen and oxygen atoms in total. The zero-order valence-electron chi connectivity index (χ0n) is 10.4. The summed E-state index contributed by atoms with van der Waals surface area (Å²) in [7, 11) is 0. The second kappa shape index (κ2) is 4.82. The third kappa shape index (κ3) is 2.62. The lowest BCUT2D eigenvalue weighted by Gasteiger charge is -2.42. The third-order valence-corrected chi connectivity index (χ3v) is 4.04. The number of piperazine rings is 1. The molecule has 1 atom stereocenters. The van der Waals surface area contributed by atoms with E-state index in [0.717, 1.165) is 26.1 Å². The van der Waals surface area contributed by atoms with Gasteiger partial charge < -0.3 is 5.32 Å².